The highest BCUT2D eigenvalue weighted by Gasteiger charge is 2.33. The second-order valence-corrected chi connectivity index (χ2v) is 5.15. The molecule has 0 radical (unpaired) electrons. The van der Waals surface area contributed by atoms with Crippen molar-refractivity contribution in [3.8, 4) is 0 Å². The summed E-state index contributed by atoms with van der Waals surface area (Å²) < 4.78 is 11.6. The molecule has 4 nitrogen and oxygen atoms in total. The number of nitrogens with two attached hydrogens (primary N) is 1. The largest absolute Gasteiger partial charge is 0.465 e. The van der Waals surface area contributed by atoms with Gasteiger partial charge in [0.05, 0.1) is 18.8 Å². The fourth-order valence-corrected chi connectivity index (χ4v) is 2.92. The number of hydrogen-bond donors (Lipinski definition) is 1. The molecule has 3 rings (SSSR count). The average Bonchev–Trinajstić information content (AvgIpc) is 2.82. The molecule has 3 heterocycles. The van der Waals surface area contributed by atoms with Crippen LogP contribution in [0.3, 0.4) is 0 Å². The van der Waals surface area contributed by atoms with Crippen LogP contribution in [0.1, 0.15) is 29.9 Å². The lowest BCUT2D eigenvalue weighted by atomic mass is 10.2. The van der Waals surface area contributed by atoms with Gasteiger partial charge in [0.2, 0.25) is 0 Å². The normalized spacial score (nSPS) is 28.8. The summed E-state index contributed by atoms with van der Waals surface area (Å²) in [5, 5.41) is 0. The van der Waals surface area contributed by atoms with E-state index in [1.54, 1.807) is 0 Å². The van der Waals surface area contributed by atoms with Crippen LogP contribution in [0.4, 0.5) is 0 Å². The van der Waals surface area contributed by atoms with Gasteiger partial charge in [0.25, 0.3) is 0 Å². The van der Waals surface area contributed by atoms with Gasteiger partial charge in [0.15, 0.2) is 0 Å². The van der Waals surface area contributed by atoms with Crippen molar-refractivity contribution in [2.24, 2.45) is 5.73 Å². The summed E-state index contributed by atoms with van der Waals surface area (Å²) in [5.74, 6) is 1.99. The van der Waals surface area contributed by atoms with Gasteiger partial charge in [0, 0.05) is 25.2 Å². The van der Waals surface area contributed by atoms with Crippen molar-refractivity contribution in [3.63, 3.8) is 0 Å². The Bertz CT molecular complexity index is 390. The van der Waals surface area contributed by atoms with Gasteiger partial charge in [-0.15, -0.1) is 0 Å². The fourth-order valence-electron chi connectivity index (χ4n) is 2.92. The van der Waals surface area contributed by atoms with E-state index < -0.39 is 0 Å². The van der Waals surface area contributed by atoms with Gasteiger partial charge in [-0.05, 0) is 25.8 Å². The van der Waals surface area contributed by atoms with E-state index in [1.165, 1.54) is 12.8 Å². The van der Waals surface area contributed by atoms with E-state index in [0.717, 1.165) is 36.7 Å². The first kappa shape index (κ1) is 11.3. The van der Waals surface area contributed by atoms with Crippen molar-refractivity contribution in [2.45, 2.75) is 45.1 Å². The third-order valence-electron chi connectivity index (χ3n) is 3.79. The molecule has 2 N–H and O–H groups in total. The van der Waals surface area contributed by atoms with E-state index in [1.807, 2.05) is 6.92 Å². The maximum absolute atomic E-state index is 5.82. The smallest absolute Gasteiger partial charge is 0.118 e. The van der Waals surface area contributed by atoms with Gasteiger partial charge < -0.3 is 14.9 Å². The van der Waals surface area contributed by atoms with E-state index in [-0.39, 0.29) is 0 Å². The molecule has 2 aliphatic heterocycles. The van der Waals surface area contributed by atoms with Crippen molar-refractivity contribution < 1.29 is 9.15 Å². The van der Waals surface area contributed by atoms with Crippen LogP contribution in [0.5, 0.6) is 0 Å². The molecular weight excluding hydrogens is 216 g/mol. The van der Waals surface area contributed by atoms with Gasteiger partial charge in [-0.2, -0.15) is 0 Å². The summed E-state index contributed by atoms with van der Waals surface area (Å²) in [6, 6.07) is 2.09. The van der Waals surface area contributed by atoms with Crippen molar-refractivity contribution >= 4 is 0 Å². The number of likely N-dealkylation sites (tertiary alicyclic amines) is 1. The van der Waals surface area contributed by atoms with E-state index in [4.69, 9.17) is 14.9 Å². The van der Waals surface area contributed by atoms with Crippen LogP contribution in [0.25, 0.3) is 0 Å². The summed E-state index contributed by atoms with van der Waals surface area (Å²) in [7, 11) is 0. The highest BCUT2D eigenvalue weighted by atomic mass is 16.5. The third kappa shape index (κ3) is 2.25. The lowest BCUT2D eigenvalue weighted by Crippen LogP contribution is -2.41. The van der Waals surface area contributed by atoms with Crippen LogP contribution < -0.4 is 5.73 Å². The third-order valence-corrected chi connectivity index (χ3v) is 3.79. The molecule has 2 unspecified atom stereocenters. The first-order chi connectivity index (χ1) is 8.24. The zero-order valence-electron chi connectivity index (χ0n) is 10.3. The Hall–Kier alpha value is -0.840. The van der Waals surface area contributed by atoms with Crippen LogP contribution in [0.2, 0.25) is 0 Å². The van der Waals surface area contributed by atoms with E-state index >= 15 is 0 Å². The number of fused-ring (bicyclic) bond motifs is 2. The Kier molecular flexibility index (Phi) is 2.94. The van der Waals surface area contributed by atoms with Gasteiger partial charge in [-0.1, -0.05) is 0 Å². The molecule has 17 heavy (non-hydrogen) atoms. The molecule has 1 aromatic rings. The van der Waals surface area contributed by atoms with E-state index in [0.29, 0.717) is 18.8 Å². The monoisotopic (exact) mass is 236 g/mol. The van der Waals surface area contributed by atoms with Gasteiger partial charge in [-0.3, -0.25) is 4.90 Å². The molecule has 94 valence electrons. The molecule has 2 aliphatic rings. The average molecular weight is 236 g/mol. The maximum Gasteiger partial charge on any atom is 0.118 e. The van der Waals surface area contributed by atoms with Gasteiger partial charge >= 0.3 is 0 Å². The quantitative estimate of drug-likeness (QED) is 0.862. The summed E-state index contributed by atoms with van der Waals surface area (Å²) in [5.41, 5.74) is 6.78. The standard InChI is InChI=1S/C13H20N2O2/c1-9-10(5-14)4-13(16-9)8-15-6-11-2-3-12(7-15)17-11/h4,11-12H,2-3,5-8,14H2,1H3. The van der Waals surface area contributed by atoms with E-state index in [9.17, 15) is 0 Å². The number of hydrogen-bond acceptors (Lipinski definition) is 4. The summed E-state index contributed by atoms with van der Waals surface area (Å²) in [6.45, 7) is 5.50. The lowest BCUT2D eigenvalue weighted by molar-refractivity contribution is -0.0427. The molecule has 0 spiro atoms. The fraction of sp³-hybridized carbons (Fsp3) is 0.692. The lowest BCUT2D eigenvalue weighted by Gasteiger charge is -2.31. The minimum absolute atomic E-state index is 0.443. The topological polar surface area (TPSA) is 51.6 Å². The Morgan fingerprint density at radius 2 is 2.06 bits per heavy atom. The number of nitrogens with zero attached hydrogens (tertiary/aromatic N) is 1. The molecule has 0 aromatic carbocycles. The molecule has 2 atom stereocenters. The SMILES string of the molecule is Cc1oc(CN2CC3CCC(C2)O3)cc1CN. The minimum Gasteiger partial charge on any atom is -0.465 e. The van der Waals surface area contributed by atoms with Crippen LogP contribution in [0.15, 0.2) is 10.5 Å². The molecule has 2 bridgehead atoms. The molecule has 0 amide bonds. The molecule has 4 heteroatoms. The molecule has 2 fully saturated rings. The van der Waals surface area contributed by atoms with Crippen molar-refractivity contribution in [1.82, 2.24) is 4.90 Å². The van der Waals surface area contributed by atoms with Crippen molar-refractivity contribution in [3.05, 3.63) is 23.2 Å². The number of rotatable bonds is 3. The number of morpholine rings is 1. The molecule has 2 saturated heterocycles. The molecular formula is C13H20N2O2. The molecule has 0 saturated carbocycles. The first-order valence-corrected chi connectivity index (χ1v) is 6.40. The second kappa shape index (κ2) is 4.44. The van der Waals surface area contributed by atoms with Crippen LogP contribution in [0, 0.1) is 6.92 Å². The van der Waals surface area contributed by atoms with Gasteiger partial charge in [-0.25, -0.2) is 0 Å². The minimum atomic E-state index is 0.443. The van der Waals surface area contributed by atoms with Crippen LogP contribution >= 0.6 is 0 Å². The number of aryl methyl sites for hydroxylation is 1. The summed E-state index contributed by atoms with van der Waals surface area (Å²) in [4.78, 5) is 2.43. The maximum atomic E-state index is 5.82. The highest BCUT2D eigenvalue weighted by Crippen LogP contribution is 2.27. The molecule has 1 aromatic heterocycles. The Morgan fingerprint density at radius 3 is 2.65 bits per heavy atom. The predicted octanol–water partition coefficient (Wildman–Crippen LogP) is 1.41. The van der Waals surface area contributed by atoms with Crippen molar-refractivity contribution in [1.29, 1.82) is 0 Å². The van der Waals surface area contributed by atoms with Gasteiger partial charge in [0.1, 0.15) is 11.5 Å². The highest BCUT2D eigenvalue weighted by molar-refractivity contribution is 5.20. The summed E-state index contributed by atoms with van der Waals surface area (Å²) in [6.07, 6.45) is 3.32. The summed E-state index contributed by atoms with van der Waals surface area (Å²) >= 11 is 0. The molecule has 0 aliphatic carbocycles. The van der Waals surface area contributed by atoms with Crippen molar-refractivity contribution in [2.75, 3.05) is 13.1 Å². The van der Waals surface area contributed by atoms with Crippen LogP contribution in [-0.4, -0.2) is 30.2 Å². The number of ether oxygens (including phenoxy) is 1. The number of furan rings is 1. The Balaban J connectivity index is 1.66. The van der Waals surface area contributed by atoms with E-state index in [2.05, 4.69) is 11.0 Å². The first-order valence-electron chi connectivity index (χ1n) is 6.40. The van der Waals surface area contributed by atoms with Crippen LogP contribution in [-0.2, 0) is 17.8 Å². The zero-order valence-corrected chi connectivity index (χ0v) is 10.3. The second-order valence-electron chi connectivity index (χ2n) is 5.15. The zero-order chi connectivity index (χ0) is 11.8. The predicted molar refractivity (Wildman–Crippen MR) is 64.5 cm³/mol. The Morgan fingerprint density at radius 1 is 1.35 bits per heavy atom. The Labute approximate surface area is 102 Å².